The van der Waals surface area contributed by atoms with Gasteiger partial charge in [-0.3, -0.25) is 0 Å². The topological polar surface area (TPSA) is 63.3 Å². The van der Waals surface area contributed by atoms with E-state index in [2.05, 4.69) is 5.16 Å². The summed E-state index contributed by atoms with van der Waals surface area (Å²) < 4.78 is 5.05. The Balaban J connectivity index is 2.49. The average molecular weight is 217 g/mol. The minimum absolute atomic E-state index is 0.0319. The van der Waals surface area contributed by atoms with Gasteiger partial charge in [-0.05, 0) is 13.8 Å². The molecule has 0 fully saturated rings. The van der Waals surface area contributed by atoms with Gasteiger partial charge in [0.25, 0.3) is 0 Å². The van der Waals surface area contributed by atoms with Gasteiger partial charge in [0.05, 0.1) is 0 Å². The van der Waals surface area contributed by atoms with Crippen LogP contribution in [-0.4, -0.2) is 16.2 Å². The van der Waals surface area contributed by atoms with Crippen LogP contribution in [0.5, 0.6) is 0 Å². The van der Waals surface area contributed by atoms with Crippen LogP contribution < -0.4 is 0 Å². The fourth-order valence-electron chi connectivity index (χ4n) is 1.51. The highest BCUT2D eigenvalue weighted by Gasteiger charge is 2.18. The molecule has 2 aromatic rings. The van der Waals surface area contributed by atoms with Crippen LogP contribution in [0.2, 0.25) is 0 Å². The van der Waals surface area contributed by atoms with Gasteiger partial charge < -0.3 is 9.63 Å². The summed E-state index contributed by atoms with van der Waals surface area (Å²) in [5, 5.41) is 12.4. The Hall–Kier alpha value is -2.10. The number of benzene rings is 1. The lowest BCUT2D eigenvalue weighted by molar-refractivity contribution is 0.0685. The molecule has 0 saturated carbocycles. The first-order valence-corrected chi connectivity index (χ1v) is 4.86. The molecule has 0 aliphatic heterocycles. The van der Waals surface area contributed by atoms with Crippen molar-refractivity contribution in [3.63, 3.8) is 0 Å². The third-order valence-electron chi connectivity index (χ3n) is 2.44. The van der Waals surface area contributed by atoms with E-state index < -0.39 is 5.97 Å². The van der Waals surface area contributed by atoms with Crippen LogP contribution in [0.4, 0.5) is 0 Å². The number of carboxylic acid groups (broad SMARTS) is 1. The molecule has 4 heteroatoms. The Morgan fingerprint density at radius 2 is 1.88 bits per heavy atom. The first-order chi connectivity index (χ1) is 7.59. The largest absolute Gasteiger partial charge is 0.476 e. The van der Waals surface area contributed by atoms with Crippen molar-refractivity contribution in [3.8, 4) is 11.3 Å². The normalized spacial score (nSPS) is 10.4. The van der Waals surface area contributed by atoms with E-state index in [1.165, 1.54) is 0 Å². The Morgan fingerprint density at radius 3 is 2.38 bits per heavy atom. The zero-order valence-electron chi connectivity index (χ0n) is 9.02. The zero-order chi connectivity index (χ0) is 11.7. The maximum absolute atomic E-state index is 10.8. The second-order valence-corrected chi connectivity index (χ2v) is 3.66. The van der Waals surface area contributed by atoms with E-state index in [1.807, 2.05) is 31.2 Å². The molecule has 0 bridgehead atoms. The highest BCUT2D eigenvalue weighted by atomic mass is 16.5. The summed E-state index contributed by atoms with van der Waals surface area (Å²) in [4.78, 5) is 10.8. The van der Waals surface area contributed by atoms with Gasteiger partial charge in [0.15, 0.2) is 11.5 Å². The number of nitrogens with zero attached hydrogens (tertiary/aromatic N) is 1. The lowest BCUT2D eigenvalue weighted by Gasteiger charge is -1.97. The summed E-state index contributed by atoms with van der Waals surface area (Å²) in [5.74, 6) is -0.558. The predicted molar refractivity (Wildman–Crippen MR) is 58.4 cm³/mol. The van der Waals surface area contributed by atoms with E-state index >= 15 is 0 Å². The van der Waals surface area contributed by atoms with Crippen molar-refractivity contribution < 1.29 is 14.4 Å². The number of hydrogen-bond acceptors (Lipinski definition) is 3. The van der Waals surface area contributed by atoms with Crippen molar-refractivity contribution in [2.24, 2.45) is 0 Å². The van der Waals surface area contributed by atoms with Gasteiger partial charge in [-0.25, -0.2) is 4.79 Å². The highest BCUT2D eigenvalue weighted by molar-refractivity contribution is 5.88. The third kappa shape index (κ3) is 1.69. The lowest BCUT2D eigenvalue weighted by atomic mass is 10.1. The number of hydrogen-bond donors (Lipinski definition) is 1. The van der Waals surface area contributed by atoms with E-state index in [-0.39, 0.29) is 5.69 Å². The Kier molecular flexibility index (Phi) is 2.48. The van der Waals surface area contributed by atoms with E-state index in [0.717, 1.165) is 11.1 Å². The van der Waals surface area contributed by atoms with Gasteiger partial charge in [-0.2, -0.15) is 0 Å². The fraction of sp³-hybridized carbons (Fsp3) is 0.167. The van der Waals surface area contributed by atoms with Crippen LogP contribution in [0.25, 0.3) is 11.3 Å². The van der Waals surface area contributed by atoms with Crippen molar-refractivity contribution in [1.29, 1.82) is 0 Å². The molecular weight excluding hydrogens is 206 g/mol. The highest BCUT2D eigenvalue weighted by Crippen LogP contribution is 2.25. The summed E-state index contributed by atoms with van der Waals surface area (Å²) in [7, 11) is 0. The molecule has 1 aromatic heterocycles. The predicted octanol–water partition coefficient (Wildman–Crippen LogP) is 2.66. The second-order valence-electron chi connectivity index (χ2n) is 3.66. The van der Waals surface area contributed by atoms with Crippen LogP contribution in [0.1, 0.15) is 21.6 Å². The number of aromatic carboxylic acids is 1. The summed E-state index contributed by atoms with van der Waals surface area (Å²) in [6.07, 6.45) is 0. The number of aromatic nitrogens is 1. The average Bonchev–Trinajstić information content (AvgIpc) is 2.61. The van der Waals surface area contributed by atoms with E-state index in [4.69, 9.17) is 9.63 Å². The monoisotopic (exact) mass is 217 g/mol. The smallest absolute Gasteiger partial charge is 0.358 e. The maximum atomic E-state index is 10.8. The van der Waals surface area contributed by atoms with E-state index in [9.17, 15) is 4.79 Å². The van der Waals surface area contributed by atoms with Gasteiger partial charge >= 0.3 is 5.97 Å². The van der Waals surface area contributed by atoms with Crippen LogP contribution in [0.3, 0.4) is 0 Å². The molecule has 2 rings (SSSR count). The van der Waals surface area contributed by atoms with Crippen molar-refractivity contribution in [2.75, 3.05) is 0 Å². The quantitative estimate of drug-likeness (QED) is 0.839. The van der Waals surface area contributed by atoms with E-state index in [0.29, 0.717) is 11.3 Å². The fourth-order valence-corrected chi connectivity index (χ4v) is 1.51. The molecule has 0 aliphatic carbocycles. The molecule has 0 unspecified atom stereocenters. The minimum atomic E-state index is -1.07. The third-order valence-corrected chi connectivity index (χ3v) is 2.44. The van der Waals surface area contributed by atoms with Crippen molar-refractivity contribution in [2.45, 2.75) is 13.8 Å². The second kappa shape index (κ2) is 3.81. The van der Waals surface area contributed by atoms with Gasteiger partial charge in [-0.1, -0.05) is 35.0 Å². The molecule has 1 N–H and O–H groups in total. The molecule has 1 aromatic carbocycles. The van der Waals surface area contributed by atoms with Crippen molar-refractivity contribution in [3.05, 3.63) is 41.1 Å². The minimum Gasteiger partial charge on any atom is -0.476 e. The standard InChI is InChI=1S/C12H11NO3/c1-7-3-5-9(6-4-7)11-8(2)10(12(14)15)13-16-11/h3-6H,1-2H3,(H,14,15). The molecule has 0 aliphatic rings. The first kappa shape index (κ1) is 10.4. The Morgan fingerprint density at radius 1 is 1.25 bits per heavy atom. The molecule has 0 spiro atoms. The molecule has 82 valence electrons. The maximum Gasteiger partial charge on any atom is 0.358 e. The molecule has 0 radical (unpaired) electrons. The van der Waals surface area contributed by atoms with Gasteiger partial charge in [-0.15, -0.1) is 0 Å². The van der Waals surface area contributed by atoms with Gasteiger partial charge in [0.2, 0.25) is 0 Å². The summed E-state index contributed by atoms with van der Waals surface area (Å²) in [6, 6.07) is 7.65. The van der Waals surface area contributed by atoms with Crippen LogP contribution in [-0.2, 0) is 0 Å². The van der Waals surface area contributed by atoms with Gasteiger partial charge in [0.1, 0.15) is 0 Å². The molecule has 16 heavy (non-hydrogen) atoms. The summed E-state index contributed by atoms with van der Waals surface area (Å²) >= 11 is 0. The lowest BCUT2D eigenvalue weighted by Crippen LogP contribution is -1.98. The zero-order valence-corrected chi connectivity index (χ0v) is 9.02. The number of carboxylic acids is 1. The number of carbonyl (C=O) groups is 1. The number of aryl methyl sites for hydroxylation is 1. The summed E-state index contributed by atoms with van der Waals surface area (Å²) in [6.45, 7) is 3.68. The molecular formula is C12H11NO3. The molecule has 4 nitrogen and oxygen atoms in total. The first-order valence-electron chi connectivity index (χ1n) is 4.86. The van der Waals surface area contributed by atoms with Crippen LogP contribution in [0.15, 0.2) is 28.8 Å². The van der Waals surface area contributed by atoms with Crippen molar-refractivity contribution >= 4 is 5.97 Å². The molecule has 0 amide bonds. The van der Waals surface area contributed by atoms with E-state index in [1.54, 1.807) is 6.92 Å². The van der Waals surface area contributed by atoms with Gasteiger partial charge in [0, 0.05) is 11.1 Å². The Labute approximate surface area is 92.5 Å². The number of rotatable bonds is 2. The van der Waals surface area contributed by atoms with Crippen molar-refractivity contribution in [1.82, 2.24) is 5.16 Å². The SMILES string of the molecule is Cc1ccc(-c2onc(C(=O)O)c2C)cc1. The summed E-state index contributed by atoms with van der Waals surface area (Å²) in [5.41, 5.74) is 2.49. The Bertz CT molecular complexity index is 526. The van der Waals surface area contributed by atoms with Crippen LogP contribution in [0, 0.1) is 13.8 Å². The molecule has 0 saturated heterocycles. The molecule has 1 heterocycles. The van der Waals surface area contributed by atoms with Crippen LogP contribution >= 0.6 is 0 Å². The molecule has 0 atom stereocenters.